The number of halogens is 2. The topological polar surface area (TPSA) is 116 Å². The normalized spacial score (nSPS) is 10.6. The predicted octanol–water partition coefficient (Wildman–Crippen LogP) is 2.44. The number of carbonyl (C=O) groups excluding carboxylic acids is 2. The quantitative estimate of drug-likeness (QED) is 0.686. The van der Waals surface area contributed by atoms with Gasteiger partial charge in [0.2, 0.25) is 0 Å². The van der Waals surface area contributed by atoms with Gasteiger partial charge in [-0.1, -0.05) is 45.8 Å². The number of nitrogens with zero attached hydrogens (tertiary/aromatic N) is 4. The first-order chi connectivity index (χ1) is 11.9. The maximum Gasteiger partial charge on any atom is 0.279 e. The fourth-order valence-electron chi connectivity index (χ4n) is 1.91. The van der Waals surface area contributed by atoms with Crippen LogP contribution in [0.1, 0.15) is 25.7 Å². The zero-order valence-corrected chi connectivity index (χ0v) is 14.8. The number of thiazole rings is 1. The van der Waals surface area contributed by atoms with E-state index >= 15 is 0 Å². The molecule has 0 saturated heterocycles. The summed E-state index contributed by atoms with van der Waals surface area (Å²) in [5.74, 6) is -1.10. The Balaban J connectivity index is 1.68. The van der Waals surface area contributed by atoms with Gasteiger partial charge in [0.15, 0.2) is 10.8 Å². The molecule has 2 heterocycles. The lowest BCUT2D eigenvalue weighted by Crippen LogP contribution is -2.12. The van der Waals surface area contributed by atoms with Crippen molar-refractivity contribution in [2.45, 2.75) is 6.54 Å². The van der Waals surface area contributed by atoms with Crippen LogP contribution in [0, 0.1) is 0 Å². The molecule has 8 nitrogen and oxygen atoms in total. The lowest BCUT2D eigenvalue weighted by molar-refractivity contribution is 0.1000. The van der Waals surface area contributed by atoms with Crippen molar-refractivity contribution in [2.24, 2.45) is 5.73 Å². The molecule has 0 aliphatic heterocycles. The van der Waals surface area contributed by atoms with Crippen molar-refractivity contribution in [1.82, 2.24) is 20.0 Å². The number of rotatable bonds is 5. The number of hydrogen-bond acceptors (Lipinski definition) is 6. The van der Waals surface area contributed by atoms with Crippen LogP contribution in [0.15, 0.2) is 30.6 Å². The van der Waals surface area contributed by atoms with Crippen LogP contribution in [0.2, 0.25) is 10.0 Å². The molecule has 11 heteroatoms. The van der Waals surface area contributed by atoms with E-state index in [0.29, 0.717) is 16.6 Å². The smallest absolute Gasteiger partial charge is 0.279 e. The second-order valence-corrected chi connectivity index (χ2v) is 6.74. The fraction of sp³-hybridized carbons (Fsp3) is 0.0714. The van der Waals surface area contributed by atoms with Crippen LogP contribution in [0.3, 0.4) is 0 Å². The van der Waals surface area contributed by atoms with Gasteiger partial charge >= 0.3 is 0 Å². The highest BCUT2D eigenvalue weighted by Crippen LogP contribution is 2.23. The van der Waals surface area contributed by atoms with Gasteiger partial charge in [0.25, 0.3) is 11.8 Å². The monoisotopic (exact) mass is 396 g/mol. The molecular weight excluding hydrogens is 387 g/mol. The van der Waals surface area contributed by atoms with Crippen molar-refractivity contribution in [2.75, 3.05) is 5.32 Å². The van der Waals surface area contributed by atoms with Crippen LogP contribution in [-0.2, 0) is 6.54 Å². The second kappa shape index (κ2) is 7.18. The number of nitrogens with one attached hydrogen (secondary N) is 1. The average Bonchev–Trinajstić information content (AvgIpc) is 3.20. The minimum atomic E-state index is -0.606. The number of aromatic nitrogens is 4. The minimum Gasteiger partial charge on any atom is -0.365 e. The third kappa shape index (κ3) is 4.13. The van der Waals surface area contributed by atoms with Gasteiger partial charge in [0.05, 0.1) is 29.0 Å². The molecule has 128 valence electrons. The van der Waals surface area contributed by atoms with Crippen LogP contribution in [0.4, 0.5) is 5.13 Å². The van der Waals surface area contributed by atoms with E-state index in [2.05, 4.69) is 20.6 Å². The molecule has 1 aromatic carbocycles. The van der Waals surface area contributed by atoms with Crippen LogP contribution in [0.5, 0.6) is 0 Å². The highest BCUT2D eigenvalue weighted by Gasteiger charge is 2.14. The number of primary amides is 1. The molecule has 0 saturated carbocycles. The van der Waals surface area contributed by atoms with E-state index in [0.717, 1.165) is 16.9 Å². The van der Waals surface area contributed by atoms with Gasteiger partial charge < -0.3 is 5.73 Å². The Morgan fingerprint density at radius 1 is 1.28 bits per heavy atom. The van der Waals surface area contributed by atoms with Crippen LogP contribution >= 0.6 is 34.5 Å². The van der Waals surface area contributed by atoms with Gasteiger partial charge in [-0.25, -0.2) is 9.67 Å². The zero-order valence-electron chi connectivity index (χ0n) is 12.4. The summed E-state index contributed by atoms with van der Waals surface area (Å²) in [4.78, 5) is 27.3. The fourth-order valence-corrected chi connectivity index (χ4v) is 2.90. The molecule has 25 heavy (non-hydrogen) atoms. The molecule has 0 fully saturated rings. The average molecular weight is 397 g/mol. The van der Waals surface area contributed by atoms with Crippen molar-refractivity contribution in [3.05, 3.63) is 56.8 Å². The van der Waals surface area contributed by atoms with Crippen LogP contribution in [-0.4, -0.2) is 31.8 Å². The third-order valence-corrected chi connectivity index (χ3v) is 4.74. The van der Waals surface area contributed by atoms with Crippen molar-refractivity contribution in [3.8, 4) is 0 Å². The van der Waals surface area contributed by atoms with Crippen LogP contribution in [0.25, 0.3) is 0 Å². The van der Waals surface area contributed by atoms with E-state index in [9.17, 15) is 9.59 Å². The molecule has 2 amide bonds. The maximum atomic E-state index is 12.1. The van der Waals surface area contributed by atoms with E-state index in [1.807, 2.05) is 0 Å². The Labute approximate surface area is 155 Å². The third-order valence-electron chi connectivity index (χ3n) is 3.07. The molecule has 0 aliphatic rings. The molecule has 0 atom stereocenters. The van der Waals surface area contributed by atoms with E-state index in [1.165, 1.54) is 17.1 Å². The summed E-state index contributed by atoms with van der Waals surface area (Å²) in [6.07, 6.45) is 2.78. The lowest BCUT2D eigenvalue weighted by Gasteiger charge is -2.02. The molecular formula is C14H10Cl2N6O2S. The molecule has 2 aromatic heterocycles. The Morgan fingerprint density at radius 2 is 2.08 bits per heavy atom. The van der Waals surface area contributed by atoms with Gasteiger partial charge in [-0.15, -0.1) is 5.10 Å². The van der Waals surface area contributed by atoms with Gasteiger partial charge in [-0.3, -0.25) is 14.9 Å². The standard InChI is InChI=1S/C14H10Cl2N6O2S/c15-8-2-1-7(3-9(8)16)5-22-6-10(20-21-22)13(24)19-14-18-4-11(25-14)12(17)23/h1-4,6H,5H2,(H2,17,23)(H,18,19,24). The molecule has 0 bridgehead atoms. The molecule has 0 spiro atoms. The molecule has 3 N–H and O–H groups in total. The van der Waals surface area contributed by atoms with Crippen molar-refractivity contribution in [1.29, 1.82) is 0 Å². The van der Waals surface area contributed by atoms with E-state index in [4.69, 9.17) is 28.9 Å². The number of nitrogens with two attached hydrogens (primary N) is 1. The molecule has 0 aliphatic carbocycles. The molecule has 3 aromatic rings. The van der Waals surface area contributed by atoms with Gasteiger partial charge in [0.1, 0.15) is 4.88 Å². The van der Waals surface area contributed by atoms with E-state index < -0.39 is 11.8 Å². The summed E-state index contributed by atoms with van der Waals surface area (Å²) in [5.41, 5.74) is 6.11. The summed E-state index contributed by atoms with van der Waals surface area (Å²) in [5, 5.41) is 11.4. The first-order valence-corrected chi connectivity index (χ1v) is 8.40. The summed E-state index contributed by atoms with van der Waals surface area (Å²) in [7, 11) is 0. The Hall–Kier alpha value is -2.49. The SMILES string of the molecule is NC(=O)c1cnc(NC(=O)c2cn(Cc3ccc(Cl)c(Cl)c3)nn2)s1. The summed E-state index contributed by atoms with van der Waals surface area (Å²) < 4.78 is 1.49. The largest absolute Gasteiger partial charge is 0.365 e. The maximum absolute atomic E-state index is 12.1. The number of amides is 2. The van der Waals surface area contributed by atoms with Gasteiger partial charge in [0, 0.05) is 0 Å². The van der Waals surface area contributed by atoms with Crippen LogP contribution < -0.4 is 11.1 Å². The Morgan fingerprint density at radius 3 is 2.76 bits per heavy atom. The highest BCUT2D eigenvalue weighted by molar-refractivity contribution is 7.17. The second-order valence-electron chi connectivity index (χ2n) is 4.90. The lowest BCUT2D eigenvalue weighted by atomic mass is 10.2. The predicted molar refractivity (Wildman–Crippen MR) is 94.2 cm³/mol. The summed E-state index contributed by atoms with van der Waals surface area (Å²) >= 11 is 12.8. The zero-order chi connectivity index (χ0) is 18.0. The summed E-state index contributed by atoms with van der Waals surface area (Å²) in [6.45, 7) is 0.375. The molecule has 0 radical (unpaired) electrons. The minimum absolute atomic E-state index is 0.107. The first kappa shape index (κ1) is 17.3. The number of hydrogen-bond donors (Lipinski definition) is 2. The Kier molecular flexibility index (Phi) is 4.98. The van der Waals surface area contributed by atoms with Crippen molar-refractivity contribution >= 4 is 51.5 Å². The van der Waals surface area contributed by atoms with Gasteiger partial charge in [-0.05, 0) is 17.7 Å². The number of benzene rings is 1. The number of anilines is 1. The first-order valence-electron chi connectivity index (χ1n) is 6.83. The van der Waals surface area contributed by atoms with E-state index in [1.54, 1.807) is 18.2 Å². The Bertz CT molecular complexity index is 954. The number of carbonyl (C=O) groups is 2. The van der Waals surface area contributed by atoms with Crippen molar-refractivity contribution < 1.29 is 9.59 Å². The van der Waals surface area contributed by atoms with Gasteiger partial charge in [-0.2, -0.15) is 0 Å². The molecule has 3 rings (SSSR count). The summed E-state index contributed by atoms with van der Waals surface area (Å²) in [6, 6.07) is 5.20. The van der Waals surface area contributed by atoms with E-state index in [-0.39, 0.29) is 15.7 Å². The molecule has 0 unspecified atom stereocenters. The highest BCUT2D eigenvalue weighted by atomic mass is 35.5. The van der Waals surface area contributed by atoms with Crippen molar-refractivity contribution in [3.63, 3.8) is 0 Å².